The first kappa shape index (κ1) is 15.8. The molecule has 0 atom stereocenters. The van der Waals surface area contributed by atoms with Crippen LogP contribution in [-0.2, 0) is 16.1 Å². The number of aromatic nitrogens is 4. The van der Waals surface area contributed by atoms with Crippen molar-refractivity contribution >= 4 is 11.6 Å². The minimum absolute atomic E-state index is 0.0423. The van der Waals surface area contributed by atoms with E-state index in [4.69, 9.17) is 9.47 Å². The molecule has 0 radical (unpaired) electrons. The van der Waals surface area contributed by atoms with Gasteiger partial charge in [0.2, 0.25) is 0 Å². The van der Waals surface area contributed by atoms with E-state index < -0.39 is 0 Å². The topological polar surface area (TPSA) is 64.8 Å². The molecule has 130 valence electrons. The summed E-state index contributed by atoms with van der Waals surface area (Å²) in [6.07, 6.45) is 6.30. The summed E-state index contributed by atoms with van der Waals surface area (Å²) in [4.78, 5) is 11.2. The first-order valence-electron chi connectivity index (χ1n) is 8.64. The lowest BCUT2D eigenvalue weighted by molar-refractivity contribution is -0.148. The van der Waals surface area contributed by atoms with E-state index >= 15 is 0 Å². The van der Waals surface area contributed by atoms with E-state index in [0.29, 0.717) is 12.4 Å². The highest BCUT2D eigenvalue weighted by atomic mass is 16.5. The Balaban J connectivity index is 1.76. The van der Waals surface area contributed by atoms with E-state index in [-0.39, 0.29) is 11.2 Å². The molecule has 2 aliphatic rings. The molecule has 0 bridgehead atoms. The predicted molar refractivity (Wildman–Crippen MR) is 90.1 cm³/mol. The summed E-state index contributed by atoms with van der Waals surface area (Å²) in [5.41, 5.74) is 0.636. The summed E-state index contributed by atoms with van der Waals surface area (Å²) in [6, 6.07) is 2.06. The van der Waals surface area contributed by atoms with E-state index in [1.807, 2.05) is 4.52 Å². The SMILES string of the molecule is COCc1cc(N2CC(C)(C)OC3(CCCC3)C2)n2ncnc2n1. The van der Waals surface area contributed by atoms with Crippen LogP contribution >= 0.6 is 0 Å². The van der Waals surface area contributed by atoms with Crippen LogP contribution in [0.5, 0.6) is 0 Å². The van der Waals surface area contributed by atoms with Crippen molar-refractivity contribution in [2.24, 2.45) is 0 Å². The molecule has 1 aliphatic carbocycles. The van der Waals surface area contributed by atoms with Crippen molar-refractivity contribution in [2.75, 3.05) is 25.1 Å². The molecule has 7 nitrogen and oxygen atoms in total. The van der Waals surface area contributed by atoms with Crippen LogP contribution in [0.3, 0.4) is 0 Å². The van der Waals surface area contributed by atoms with Crippen LogP contribution in [-0.4, -0.2) is 51.0 Å². The third-order valence-electron chi connectivity index (χ3n) is 4.96. The number of hydrogen-bond donors (Lipinski definition) is 0. The number of rotatable bonds is 3. The monoisotopic (exact) mass is 331 g/mol. The molecule has 1 spiro atoms. The Morgan fingerprint density at radius 2 is 2.04 bits per heavy atom. The zero-order valence-corrected chi connectivity index (χ0v) is 14.7. The van der Waals surface area contributed by atoms with Gasteiger partial charge in [0, 0.05) is 26.3 Å². The number of fused-ring (bicyclic) bond motifs is 1. The third-order valence-corrected chi connectivity index (χ3v) is 4.96. The fraction of sp³-hybridized carbons (Fsp3) is 0.706. The molecule has 7 heteroatoms. The Bertz CT molecular complexity index is 736. The van der Waals surface area contributed by atoms with Crippen LogP contribution in [0.2, 0.25) is 0 Å². The maximum absolute atomic E-state index is 6.52. The first-order chi connectivity index (χ1) is 11.5. The van der Waals surface area contributed by atoms with Crippen molar-refractivity contribution in [1.29, 1.82) is 0 Å². The van der Waals surface area contributed by atoms with Gasteiger partial charge in [-0.1, -0.05) is 12.8 Å². The summed E-state index contributed by atoms with van der Waals surface area (Å²) >= 11 is 0. The van der Waals surface area contributed by atoms with Crippen LogP contribution in [0.4, 0.5) is 5.82 Å². The largest absolute Gasteiger partial charge is 0.378 e. The van der Waals surface area contributed by atoms with Gasteiger partial charge in [-0.05, 0) is 26.7 Å². The normalized spacial score (nSPS) is 22.5. The number of hydrogen-bond acceptors (Lipinski definition) is 6. The molecule has 2 aromatic rings. The minimum atomic E-state index is -0.194. The van der Waals surface area contributed by atoms with E-state index in [1.165, 1.54) is 12.8 Å². The number of nitrogens with zero attached hydrogens (tertiary/aromatic N) is 5. The van der Waals surface area contributed by atoms with Crippen molar-refractivity contribution in [3.8, 4) is 0 Å². The Hall–Kier alpha value is -1.73. The third kappa shape index (κ3) is 2.75. The molecule has 0 N–H and O–H groups in total. The molecule has 1 aliphatic heterocycles. The summed E-state index contributed by atoms with van der Waals surface area (Å²) in [6.45, 7) is 6.53. The molecule has 1 saturated carbocycles. The first-order valence-corrected chi connectivity index (χ1v) is 8.64. The second-order valence-electron chi connectivity index (χ2n) is 7.62. The molecule has 2 aromatic heterocycles. The smallest absolute Gasteiger partial charge is 0.254 e. The number of methoxy groups -OCH3 is 1. The van der Waals surface area contributed by atoms with Crippen molar-refractivity contribution in [1.82, 2.24) is 19.6 Å². The van der Waals surface area contributed by atoms with E-state index in [1.54, 1.807) is 13.4 Å². The molecule has 3 heterocycles. The zero-order chi connectivity index (χ0) is 16.8. The maximum Gasteiger partial charge on any atom is 0.254 e. The molecule has 1 saturated heterocycles. The lowest BCUT2D eigenvalue weighted by atomic mass is 9.94. The van der Waals surface area contributed by atoms with Crippen LogP contribution in [0.15, 0.2) is 12.4 Å². The second kappa shape index (κ2) is 5.67. The Labute approximate surface area is 142 Å². The van der Waals surface area contributed by atoms with Gasteiger partial charge < -0.3 is 14.4 Å². The lowest BCUT2D eigenvalue weighted by Gasteiger charge is -2.49. The van der Waals surface area contributed by atoms with Crippen molar-refractivity contribution in [3.63, 3.8) is 0 Å². The Morgan fingerprint density at radius 1 is 1.25 bits per heavy atom. The van der Waals surface area contributed by atoms with E-state index in [9.17, 15) is 0 Å². The van der Waals surface area contributed by atoms with E-state index in [0.717, 1.165) is 37.4 Å². The summed E-state index contributed by atoms with van der Waals surface area (Å²) < 4.78 is 13.6. The molecule has 0 aromatic carbocycles. The van der Waals surface area contributed by atoms with Gasteiger partial charge in [-0.2, -0.15) is 14.6 Å². The average molecular weight is 331 g/mol. The van der Waals surface area contributed by atoms with Crippen LogP contribution in [0, 0.1) is 0 Å². The van der Waals surface area contributed by atoms with Gasteiger partial charge in [0.15, 0.2) is 0 Å². The standard InChI is InChI=1S/C17H25N5O2/c1-16(2)10-21(11-17(24-16)6-4-5-7-17)14-8-13(9-23-3)20-15-18-12-19-22(14)15/h8,12H,4-7,9-11H2,1-3H3. The molecule has 0 unspecified atom stereocenters. The highest BCUT2D eigenvalue weighted by Crippen LogP contribution is 2.41. The fourth-order valence-corrected chi connectivity index (χ4v) is 4.25. The average Bonchev–Trinajstić information content (AvgIpc) is 3.14. The quantitative estimate of drug-likeness (QED) is 0.859. The van der Waals surface area contributed by atoms with Gasteiger partial charge in [0.05, 0.1) is 23.5 Å². The Kier molecular flexibility index (Phi) is 3.73. The Morgan fingerprint density at radius 3 is 2.79 bits per heavy atom. The van der Waals surface area contributed by atoms with Gasteiger partial charge in [0.1, 0.15) is 12.1 Å². The van der Waals surface area contributed by atoms with Gasteiger partial charge >= 0.3 is 0 Å². The second-order valence-corrected chi connectivity index (χ2v) is 7.62. The predicted octanol–water partition coefficient (Wildman–Crippen LogP) is 2.20. The summed E-state index contributed by atoms with van der Waals surface area (Å²) in [5.74, 6) is 1.64. The van der Waals surface area contributed by atoms with Crippen LogP contribution in [0.1, 0.15) is 45.2 Å². The molecule has 4 rings (SSSR count). The summed E-state index contributed by atoms with van der Waals surface area (Å²) in [5, 5.41) is 4.38. The molecule has 2 fully saturated rings. The number of ether oxygens (including phenoxy) is 2. The minimum Gasteiger partial charge on any atom is -0.378 e. The van der Waals surface area contributed by atoms with Gasteiger partial charge in [-0.15, -0.1) is 0 Å². The van der Waals surface area contributed by atoms with Crippen molar-refractivity contribution < 1.29 is 9.47 Å². The van der Waals surface area contributed by atoms with Crippen molar-refractivity contribution in [3.05, 3.63) is 18.1 Å². The number of anilines is 1. The lowest BCUT2D eigenvalue weighted by Crippen LogP contribution is -2.59. The molecular formula is C17H25N5O2. The van der Waals surface area contributed by atoms with Gasteiger partial charge in [0.25, 0.3) is 5.78 Å². The van der Waals surface area contributed by atoms with Gasteiger partial charge in [-0.3, -0.25) is 0 Å². The number of morpholine rings is 1. The van der Waals surface area contributed by atoms with Crippen LogP contribution < -0.4 is 4.90 Å². The molecule has 24 heavy (non-hydrogen) atoms. The zero-order valence-electron chi connectivity index (χ0n) is 14.7. The summed E-state index contributed by atoms with van der Waals surface area (Å²) in [7, 11) is 1.68. The fourth-order valence-electron chi connectivity index (χ4n) is 4.25. The van der Waals surface area contributed by atoms with Gasteiger partial charge in [-0.25, -0.2) is 4.98 Å². The molecular weight excluding hydrogens is 306 g/mol. The maximum atomic E-state index is 6.52. The molecule has 0 amide bonds. The van der Waals surface area contributed by atoms with E-state index in [2.05, 4.69) is 39.9 Å². The highest BCUT2D eigenvalue weighted by molar-refractivity contribution is 5.48. The highest BCUT2D eigenvalue weighted by Gasteiger charge is 2.46. The van der Waals surface area contributed by atoms with Crippen molar-refractivity contribution in [2.45, 2.75) is 57.3 Å². The van der Waals surface area contributed by atoms with Crippen LogP contribution in [0.25, 0.3) is 5.78 Å².